The maximum atomic E-state index is 12.9. The fourth-order valence-electron chi connectivity index (χ4n) is 4.32. The Morgan fingerprint density at radius 1 is 1.15 bits per heavy atom. The quantitative estimate of drug-likeness (QED) is 0.657. The van der Waals surface area contributed by atoms with Gasteiger partial charge in [0.1, 0.15) is 12.6 Å². The number of nitrogens with zero attached hydrogens (tertiary/aromatic N) is 1. The first-order valence-electron chi connectivity index (χ1n) is 10.7. The summed E-state index contributed by atoms with van der Waals surface area (Å²) in [5.74, 6) is 0.665. The van der Waals surface area contributed by atoms with E-state index < -0.39 is 30.1 Å². The number of carboxylic acids is 1. The lowest BCUT2D eigenvalue weighted by molar-refractivity contribution is -0.159. The molecule has 2 atom stereocenters. The Bertz CT molecular complexity index is 1060. The van der Waals surface area contributed by atoms with Gasteiger partial charge in [-0.25, -0.2) is 9.59 Å². The molecule has 4 rings (SSSR count). The van der Waals surface area contributed by atoms with E-state index in [4.69, 9.17) is 21.0 Å². The number of alkyl carbamates (subject to hydrolysis) is 1. The highest BCUT2D eigenvalue weighted by molar-refractivity contribution is 5.87. The standard InChI is InChI=1S/C25H24N2O6/c1-2-7-21(23(28)27-12-13-32-22(14-27)24(29)30)26-25(31)33-15-20-18-10-5-3-8-16(18)17-9-4-6-11-19(17)20/h1,3-6,8-11,20-22H,7,12-15H2,(H,26,31)(H,29,30). The van der Waals surface area contributed by atoms with Crippen molar-refractivity contribution in [2.75, 3.05) is 26.3 Å². The van der Waals surface area contributed by atoms with E-state index in [1.807, 2.05) is 48.5 Å². The summed E-state index contributed by atoms with van der Waals surface area (Å²) in [7, 11) is 0. The molecule has 8 heteroatoms. The zero-order chi connectivity index (χ0) is 23.4. The van der Waals surface area contributed by atoms with E-state index >= 15 is 0 Å². The zero-order valence-corrected chi connectivity index (χ0v) is 17.9. The molecule has 0 saturated carbocycles. The molecule has 1 aliphatic carbocycles. The van der Waals surface area contributed by atoms with Crippen LogP contribution in [0.2, 0.25) is 0 Å². The van der Waals surface area contributed by atoms with E-state index in [1.165, 1.54) is 4.90 Å². The molecule has 1 aliphatic heterocycles. The Morgan fingerprint density at radius 3 is 2.39 bits per heavy atom. The van der Waals surface area contributed by atoms with Gasteiger partial charge < -0.3 is 24.8 Å². The van der Waals surface area contributed by atoms with Crippen molar-refractivity contribution in [2.24, 2.45) is 0 Å². The highest BCUT2D eigenvalue weighted by Crippen LogP contribution is 2.44. The minimum absolute atomic E-state index is 0.0435. The van der Waals surface area contributed by atoms with E-state index in [0.29, 0.717) is 0 Å². The minimum atomic E-state index is -1.15. The topological polar surface area (TPSA) is 105 Å². The van der Waals surface area contributed by atoms with Crippen LogP contribution in [0.5, 0.6) is 0 Å². The Hall–Kier alpha value is -3.83. The molecule has 2 aromatic rings. The summed E-state index contributed by atoms with van der Waals surface area (Å²) in [5, 5.41) is 11.7. The van der Waals surface area contributed by atoms with Crippen molar-refractivity contribution >= 4 is 18.0 Å². The van der Waals surface area contributed by atoms with Crippen molar-refractivity contribution in [1.82, 2.24) is 10.2 Å². The lowest BCUT2D eigenvalue weighted by Gasteiger charge is -2.33. The van der Waals surface area contributed by atoms with Gasteiger partial charge in [0.2, 0.25) is 5.91 Å². The molecule has 1 fully saturated rings. The molecule has 2 unspecified atom stereocenters. The molecule has 2 aromatic carbocycles. The molecular weight excluding hydrogens is 424 g/mol. The van der Waals surface area contributed by atoms with Crippen molar-refractivity contribution in [1.29, 1.82) is 0 Å². The van der Waals surface area contributed by atoms with E-state index in [2.05, 4.69) is 11.2 Å². The molecule has 0 spiro atoms. The van der Waals surface area contributed by atoms with Crippen LogP contribution < -0.4 is 5.32 Å². The van der Waals surface area contributed by atoms with Crippen LogP contribution in [-0.2, 0) is 19.1 Å². The van der Waals surface area contributed by atoms with Gasteiger partial charge in [0, 0.05) is 18.9 Å². The number of benzene rings is 2. The van der Waals surface area contributed by atoms with Gasteiger partial charge >= 0.3 is 12.1 Å². The molecule has 1 saturated heterocycles. The fraction of sp³-hybridized carbons (Fsp3) is 0.320. The molecular formula is C25H24N2O6. The normalized spacial score (nSPS) is 17.9. The third kappa shape index (κ3) is 4.69. The van der Waals surface area contributed by atoms with Gasteiger partial charge in [0.15, 0.2) is 6.10 Å². The summed E-state index contributed by atoms with van der Waals surface area (Å²) in [6.45, 7) is 0.309. The van der Waals surface area contributed by atoms with Crippen LogP contribution in [0.1, 0.15) is 23.5 Å². The van der Waals surface area contributed by atoms with Crippen LogP contribution in [0.3, 0.4) is 0 Å². The molecule has 1 heterocycles. The first-order valence-corrected chi connectivity index (χ1v) is 10.7. The van der Waals surface area contributed by atoms with Gasteiger partial charge in [-0.3, -0.25) is 4.79 Å². The van der Waals surface area contributed by atoms with Crippen molar-refractivity contribution < 1.29 is 29.0 Å². The molecule has 0 aromatic heterocycles. The molecule has 2 amide bonds. The Kier molecular flexibility index (Phi) is 6.61. The number of nitrogens with one attached hydrogen (secondary N) is 1. The number of morpholine rings is 1. The second-order valence-electron chi connectivity index (χ2n) is 7.91. The van der Waals surface area contributed by atoms with E-state index in [0.717, 1.165) is 22.3 Å². The van der Waals surface area contributed by atoms with Crippen molar-refractivity contribution in [3.8, 4) is 23.5 Å². The van der Waals surface area contributed by atoms with Crippen molar-refractivity contribution in [3.05, 3.63) is 59.7 Å². The number of terminal acetylenes is 1. The predicted molar refractivity (Wildman–Crippen MR) is 119 cm³/mol. The van der Waals surface area contributed by atoms with Crippen LogP contribution in [0.15, 0.2) is 48.5 Å². The van der Waals surface area contributed by atoms with Crippen LogP contribution in [-0.4, -0.2) is 66.4 Å². The summed E-state index contributed by atoms with van der Waals surface area (Å²) in [6, 6.07) is 15.0. The first kappa shape index (κ1) is 22.4. The Morgan fingerprint density at radius 2 is 1.79 bits per heavy atom. The monoisotopic (exact) mass is 448 g/mol. The molecule has 8 nitrogen and oxygen atoms in total. The number of fused-ring (bicyclic) bond motifs is 3. The lowest BCUT2D eigenvalue weighted by Crippen LogP contribution is -2.55. The summed E-state index contributed by atoms with van der Waals surface area (Å²) >= 11 is 0. The maximum absolute atomic E-state index is 12.9. The number of hydrogen-bond acceptors (Lipinski definition) is 5. The highest BCUT2D eigenvalue weighted by atomic mass is 16.5. The van der Waals surface area contributed by atoms with Gasteiger partial charge in [-0.2, -0.15) is 0 Å². The molecule has 0 radical (unpaired) electrons. The summed E-state index contributed by atoms with van der Waals surface area (Å²) < 4.78 is 10.7. The Labute approximate surface area is 191 Å². The third-order valence-corrected chi connectivity index (χ3v) is 5.91. The van der Waals surface area contributed by atoms with E-state index in [-0.39, 0.29) is 38.6 Å². The average Bonchev–Trinajstić information content (AvgIpc) is 3.16. The largest absolute Gasteiger partial charge is 0.479 e. The highest BCUT2D eigenvalue weighted by Gasteiger charge is 2.34. The summed E-state index contributed by atoms with van der Waals surface area (Å²) in [5.41, 5.74) is 4.39. The second-order valence-corrected chi connectivity index (χ2v) is 7.91. The van der Waals surface area contributed by atoms with Gasteiger partial charge in [0.25, 0.3) is 0 Å². The molecule has 2 aliphatic rings. The van der Waals surface area contributed by atoms with Gasteiger partial charge in [-0.05, 0) is 22.3 Å². The third-order valence-electron chi connectivity index (χ3n) is 5.91. The predicted octanol–water partition coefficient (Wildman–Crippen LogP) is 2.23. The number of ether oxygens (including phenoxy) is 2. The minimum Gasteiger partial charge on any atom is -0.479 e. The first-order chi connectivity index (χ1) is 16.0. The van der Waals surface area contributed by atoms with Crippen molar-refractivity contribution in [2.45, 2.75) is 24.5 Å². The number of carboxylic acid groups (broad SMARTS) is 1. The van der Waals surface area contributed by atoms with E-state index in [1.54, 1.807) is 0 Å². The van der Waals surface area contributed by atoms with Crippen LogP contribution in [0, 0.1) is 12.3 Å². The van der Waals surface area contributed by atoms with E-state index in [9.17, 15) is 14.4 Å². The number of amides is 2. The van der Waals surface area contributed by atoms with Crippen LogP contribution in [0.25, 0.3) is 11.1 Å². The Balaban J connectivity index is 1.40. The second kappa shape index (κ2) is 9.76. The maximum Gasteiger partial charge on any atom is 0.407 e. The smallest absolute Gasteiger partial charge is 0.407 e. The molecule has 170 valence electrons. The SMILES string of the molecule is C#CCC(NC(=O)OCC1c2ccccc2-c2ccccc21)C(=O)N1CCOC(C(=O)O)C1. The van der Waals surface area contributed by atoms with Crippen LogP contribution >= 0.6 is 0 Å². The van der Waals surface area contributed by atoms with Gasteiger partial charge in [-0.15, -0.1) is 12.3 Å². The summed E-state index contributed by atoms with van der Waals surface area (Å²) in [6.07, 6.45) is 3.49. The summed E-state index contributed by atoms with van der Waals surface area (Å²) in [4.78, 5) is 38.0. The number of aliphatic carboxylic acids is 1. The molecule has 33 heavy (non-hydrogen) atoms. The lowest BCUT2D eigenvalue weighted by atomic mass is 9.98. The number of hydrogen-bond donors (Lipinski definition) is 2. The number of carbonyl (C=O) groups excluding carboxylic acids is 2. The number of carbonyl (C=O) groups is 3. The van der Waals surface area contributed by atoms with Crippen LogP contribution in [0.4, 0.5) is 4.79 Å². The fourth-order valence-corrected chi connectivity index (χ4v) is 4.32. The average molecular weight is 448 g/mol. The van der Waals surface area contributed by atoms with Gasteiger partial charge in [0.05, 0.1) is 13.2 Å². The number of rotatable bonds is 6. The van der Waals surface area contributed by atoms with Gasteiger partial charge in [-0.1, -0.05) is 48.5 Å². The molecule has 0 bridgehead atoms. The zero-order valence-electron chi connectivity index (χ0n) is 17.9. The molecule has 2 N–H and O–H groups in total. The van der Waals surface area contributed by atoms with Crippen molar-refractivity contribution in [3.63, 3.8) is 0 Å².